The van der Waals surface area contributed by atoms with Crippen LogP contribution in [0.15, 0.2) is 72.8 Å². The normalized spacial score (nSPS) is 30.6. The average Bonchev–Trinajstić information content (AvgIpc) is 1.57. The number of carbonyl (C=O) groups is 8. The van der Waals surface area contributed by atoms with Gasteiger partial charge in [0.2, 0.25) is 62.4 Å². The summed E-state index contributed by atoms with van der Waals surface area (Å²) in [6.07, 6.45) is -6.10. The second-order valence-electron chi connectivity index (χ2n) is 34.4. The van der Waals surface area contributed by atoms with Gasteiger partial charge in [0.05, 0.1) is 81.5 Å². The van der Waals surface area contributed by atoms with Crippen LogP contribution in [0.1, 0.15) is 171 Å². The predicted octanol–water partition coefficient (Wildman–Crippen LogP) is 9.78. The number of carboxylic acids is 1. The number of alkyl halides is 8. The number of sulfonamides is 2. The molecule has 14 rings (SSSR count). The summed E-state index contributed by atoms with van der Waals surface area (Å²) in [7, 11) is -8.07. The number of aromatic nitrogens is 4. The van der Waals surface area contributed by atoms with Gasteiger partial charge in [0.1, 0.15) is 48.1 Å². The van der Waals surface area contributed by atoms with Crippen LogP contribution in [-0.2, 0) is 79.6 Å². The topological polar surface area (TPSA) is 413 Å². The highest BCUT2D eigenvalue weighted by atomic mass is 35.5. The minimum atomic E-state index is -4.26. The van der Waals surface area contributed by atoms with Gasteiger partial charge >= 0.3 is 30.0 Å². The number of carboxylic acid groups (broad SMARTS) is 1. The first-order chi connectivity index (χ1) is 54.6. The highest BCUT2D eigenvalue weighted by molar-refractivity contribution is 7.92. The number of hydrogen-bond acceptors (Lipinski definition) is 23. The molecule has 0 spiro atoms. The van der Waals surface area contributed by atoms with E-state index in [0.29, 0.717) is 69.0 Å². The van der Waals surface area contributed by atoms with E-state index >= 15 is 17.6 Å². The molecule has 6 amide bonds. The lowest BCUT2D eigenvalue weighted by molar-refractivity contribution is -0.150. The molecule has 41 heteroatoms. The number of para-hydroxylation sites is 4. The number of nitrogens with one attached hydrogen (secondary N) is 4. The SMILES string of the molecule is C.CC(C)(C)[C@@H]1NC(=O)O[C@@H]2CCC[C@H]2OC/C=C/C(F)(F)c2nc3ccccc3nc2O[C@@H]2C[C@@H](C(=O)C[C@]3(C(=O)NS(=O)(=O)C4(C)CC4)C[C@H]3C(F)F)N(C2)C1=O.CC(C)(C)[C@@H]1NC(=O)O[C@@H]2CCC[C@H]2OC/C=C/C(F)(F)c2nc3ccccc3nc2O[C@@H]2C[C@@H](C(=O)O)N(C2)C1=O.CC1(S(=O)(=O)NC(=O)[C@@]2(N)C[C@H]2C(F)F)CC1.Cl. The first-order valence-electron chi connectivity index (χ1n) is 38.6. The van der Waals surface area contributed by atoms with Crippen LogP contribution in [0.2, 0.25) is 0 Å². The van der Waals surface area contributed by atoms with Crippen LogP contribution in [-0.4, -0.2) is 214 Å². The zero-order chi connectivity index (χ0) is 85.3. The van der Waals surface area contributed by atoms with E-state index in [1.807, 2.05) is 9.44 Å². The van der Waals surface area contributed by atoms with Gasteiger partial charge in [0.25, 0.3) is 5.91 Å². The average molecular weight is 1750 g/mol. The van der Waals surface area contributed by atoms with Crippen molar-refractivity contribution in [1.82, 2.24) is 49.8 Å². The van der Waals surface area contributed by atoms with Crippen LogP contribution in [0.5, 0.6) is 11.8 Å². The van der Waals surface area contributed by atoms with Gasteiger partial charge in [0, 0.05) is 31.1 Å². The number of amides is 6. The smallest absolute Gasteiger partial charge is 0.408 e. The van der Waals surface area contributed by atoms with Crippen LogP contribution in [0.4, 0.5) is 44.7 Å². The second kappa shape index (κ2) is 34.6. The van der Waals surface area contributed by atoms with Gasteiger partial charge in [-0.3, -0.25) is 33.4 Å². The van der Waals surface area contributed by atoms with Gasteiger partial charge in [-0.25, -0.2) is 68.7 Å². The molecule has 4 aliphatic heterocycles. The number of aliphatic carboxylic acids is 1. The number of hydrogen-bond donors (Lipinski definition) is 6. The van der Waals surface area contributed by atoms with E-state index < -0.39 is 239 Å². The molecular formula is C78H100ClF8N11O19S2. The Morgan fingerprint density at radius 1 is 0.580 bits per heavy atom. The van der Waals surface area contributed by atoms with Crippen molar-refractivity contribution in [2.45, 2.75) is 260 Å². The number of fused-ring (bicyclic) bond motifs is 10. The lowest BCUT2D eigenvalue weighted by atomic mass is 9.85. The Balaban J connectivity index is 0.000000212. The van der Waals surface area contributed by atoms with Crippen molar-refractivity contribution >= 4 is 102 Å². The number of allylic oxidation sites excluding steroid dienone is 2. The summed E-state index contributed by atoms with van der Waals surface area (Å²) in [4.78, 5) is 126. The fourth-order valence-electron chi connectivity index (χ4n) is 15.3. The third-order valence-electron chi connectivity index (χ3n) is 23.4. The third-order valence-corrected chi connectivity index (χ3v) is 27.7. The van der Waals surface area contributed by atoms with Crippen molar-refractivity contribution < 1.29 is 124 Å². The van der Waals surface area contributed by atoms with E-state index in [-0.39, 0.29) is 88.2 Å². The monoisotopic (exact) mass is 1750 g/mol. The van der Waals surface area contributed by atoms with Crippen LogP contribution < -0.4 is 35.3 Å². The summed E-state index contributed by atoms with van der Waals surface area (Å²) in [6.45, 7) is 12.0. The number of ether oxygens (including phenoxy) is 6. The van der Waals surface area contributed by atoms with E-state index in [1.165, 1.54) is 32.1 Å². The third kappa shape index (κ3) is 20.1. The molecule has 6 heterocycles. The van der Waals surface area contributed by atoms with Crippen LogP contribution in [0, 0.1) is 28.1 Å². The Hall–Kier alpha value is -8.73. The molecule has 2 saturated heterocycles. The second-order valence-corrected chi connectivity index (χ2v) is 38.8. The van der Waals surface area contributed by atoms with Gasteiger partial charge in [-0.2, -0.15) is 17.6 Å². The number of rotatable bonds is 12. The van der Waals surface area contributed by atoms with Crippen molar-refractivity contribution in [2.24, 2.45) is 33.8 Å². The number of nitrogens with zero attached hydrogens (tertiary/aromatic N) is 6. The Kier molecular flexibility index (Phi) is 26.9. The number of alkyl carbamates (subject to hydrolysis) is 2. The van der Waals surface area contributed by atoms with E-state index in [1.54, 1.807) is 77.9 Å². The van der Waals surface area contributed by atoms with Crippen molar-refractivity contribution in [3.63, 3.8) is 0 Å². The van der Waals surface area contributed by atoms with Crippen molar-refractivity contribution in [3.8, 4) is 11.8 Å². The van der Waals surface area contributed by atoms with Crippen LogP contribution >= 0.6 is 12.4 Å². The first-order valence-corrected chi connectivity index (χ1v) is 41.6. The fraction of sp³-hybridized carbons (Fsp3) is 0.641. The molecular weight excluding hydrogens is 1650 g/mol. The molecule has 14 atom stereocenters. The molecule has 4 aromatic rings. The van der Waals surface area contributed by atoms with Gasteiger partial charge < -0.3 is 59.7 Å². The zero-order valence-electron chi connectivity index (χ0n) is 65.8. The Morgan fingerprint density at radius 2 is 0.958 bits per heavy atom. The Labute approximate surface area is 688 Å². The molecule has 0 unspecified atom stereocenters. The van der Waals surface area contributed by atoms with E-state index in [4.69, 9.17) is 34.2 Å². The van der Waals surface area contributed by atoms with Crippen molar-refractivity contribution in [1.29, 1.82) is 0 Å². The summed E-state index contributed by atoms with van der Waals surface area (Å²) < 4.78 is 202. The largest absolute Gasteiger partial charge is 0.480 e. The summed E-state index contributed by atoms with van der Waals surface area (Å²) in [6, 6.07) is 7.44. The number of nitrogens with two attached hydrogens (primary N) is 1. The molecule has 7 N–H and O–H groups in total. The molecule has 2 aromatic heterocycles. The number of Topliss-reactive ketones (excluding diaryl/α,β-unsaturated/α-hetero) is 1. The lowest BCUT2D eigenvalue weighted by Crippen LogP contribution is -2.57. The maximum atomic E-state index is 16.1. The van der Waals surface area contributed by atoms with Gasteiger partial charge in [0.15, 0.2) is 17.2 Å². The highest BCUT2D eigenvalue weighted by Gasteiger charge is 2.68. The van der Waals surface area contributed by atoms with Crippen LogP contribution in [0.3, 0.4) is 0 Å². The minimum absolute atomic E-state index is 0. The summed E-state index contributed by atoms with van der Waals surface area (Å²) in [5, 5.41) is 15.2. The number of ketones is 1. The first kappa shape index (κ1) is 92.6. The molecule has 656 valence electrons. The maximum absolute atomic E-state index is 16.1. The molecule has 4 bridgehead atoms. The maximum Gasteiger partial charge on any atom is 0.408 e. The lowest BCUT2D eigenvalue weighted by Gasteiger charge is -2.35. The summed E-state index contributed by atoms with van der Waals surface area (Å²) in [5.41, 5.74) is -0.910. The molecule has 6 aliphatic carbocycles. The predicted molar refractivity (Wildman–Crippen MR) is 413 cm³/mol. The quantitative estimate of drug-likeness (QED) is 0.0567. The van der Waals surface area contributed by atoms with E-state index in [9.17, 15) is 77.9 Å². The molecule has 0 radical (unpaired) electrons. The number of halogens is 9. The van der Waals surface area contributed by atoms with Gasteiger partial charge in [-0.1, -0.05) is 85.4 Å². The molecule has 119 heavy (non-hydrogen) atoms. The summed E-state index contributed by atoms with van der Waals surface area (Å²) in [5.74, 6) is -17.2. The van der Waals surface area contributed by atoms with Crippen molar-refractivity contribution in [2.75, 3.05) is 26.3 Å². The molecule has 30 nitrogen and oxygen atoms in total. The highest BCUT2D eigenvalue weighted by Crippen LogP contribution is 2.60. The molecule has 6 saturated carbocycles. The zero-order valence-corrected chi connectivity index (χ0v) is 68.2. The fourth-order valence-corrected chi connectivity index (χ4v) is 18.0. The van der Waals surface area contributed by atoms with E-state index in [0.717, 1.165) is 15.9 Å². The van der Waals surface area contributed by atoms with Gasteiger partial charge in [-0.05, 0) is 138 Å². The Morgan fingerprint density at radius 3 is 1.33 bits per heavy atom. The molecule has 10 aliphatic rings. The number of carbonyl (C=O) groups excluding carboxylic acids is 7. The van der Waals surface area contributed by atoms with E-state index in [2.05, 4.69) is 30.6 Å². The van der Waals surface area contributed by atoms with Crippen LogP contribution in [0.25, 0.3) is 22.1 Å². The summed E-state index contributed by atoms with van der Waals surface area (Å²) >= 11 is 0. The van der Waals surface area contributed by atoms with Crippen molar-refractivity contribution in [3.05, 3.63) is 84.2 Å². The standard InChI is InChI=1S/C39H47F4N5O9S.C29H34F2N4O7.C9H14F2N2O3S.CH4.ClH/c1-36(2,3)30-33(50)48-20-21(17-25(48)26(49)19-38(18-22(38)31(40)41)34(51)47-58(53,54)37(4)14-15-37)56-32-29(44-23-9-5-6-10-24(23)45-32)39(42,43)13-8-16-55-27-11-7-12-28(27)57-35(52)46-30;1-28(2,3)23-25(36)35-15-16(14-19(35)26(37)38)41-24-22(32-17-8-4-5-9-18(17)33-24)29(30,31)12-7-13-40-20-10-6-11-21(20)42-27(39)34-23;1-8(2-3-8)17(15,16)13-7(14)9(12)4-5(9)6(10)11;;/h5-6,8-10,13,21-22,25,27-28,30-31H,7,11-12,14-20H2,1-4H3,(H,46,52)(H,47,51);4-5,7-9,12,16,19-21,23H,6,10-11,13-15H2,1-3H3,(H,34,39)(H,37,38);5-6H,2-4,12H2,1H3,(H,13,14);1H4;1H/b13-8+;12-7+;;;/t21-,22+,25+,27-,28-,30-,38-;16-,19+,20-,21-,23-;5-,9+;;/m110../s1. The Bertz CT molecular complexity index is 4850. The molecule has 8 fully saturated rings. The molecule has 2 aromatic carbocycles. The minimum Gasteiger partial charge on any atom is -0.480 e. The van der Waals surface area contributed by atoms with Gasteiger partial charge in [-0.15, -0.1) is 12.4 Å². The number of benzene rings is 2.